The topological polar surface area (TPSA) is 49.3 Å². The summed E-state index contributed by atoms with van der Waals surface area (Å²) in [5.41, 5.74) is 2.44. The molecule has 0 unspecified atom stereocenters. The number of aromatic nitrogens is 1. The van der Waals surface area contributed by atoms with Crippen LogP contribution in [0.15, 0.2) is 30.5 Å². The first-order chi connectivity index (χ1) is 10.7. The predicted molar refractivity (Wildman–Crippen MR) is 89.0 cm³/mol. The van der Waals surface area contributed by atoms with Gasteiger partial charge in [-0.25, -0.2) is 0 Å². The number of carbonyl (C=O) groups excluding carboxylic acids is 1. The number of piperidine rings is 1. The zero-order chi connectivity index (χ0) is 15.4. The summed E-state index contributed by atoms with van der Waals surface area (Å²) in [4.78, 5) is 16.8. The zero-order valence-electron chi connectivity index (χ0n) is 13.3. The van der Waals surface area contributed by atoms with Crippen LogP contribution in [0.25, 0.3) is 10.9 Å². The number of likely N-dealkylation sites (tertiary alicyclic amines) is 1. The van der Waals surface area contributed by atoms with Crippen LogP contribution in [-0.4, -0.2) is 37.1 Å². The molecular formula is C18H26N3O+. The van der Waals surface area contributed by atoms with Gasteiger partial charge in [0.05, 0.1) is 13.1 Å². The second kappa shape index (κ2) is 6.97. The first kappa shape index (κ1) is 15.1. The Kier molecular flexibility index (Phi) is 4.78. The van der Waals surface area contributed by atoms with Crippen molar-refractivity contribution in [1.82, 2.24) is 10.3 Å². The lowest BCUT2D eigenvalue weighted by Gasteiger charge is -2.26. The summed E-state index contributed by atoms with van der Waals surface area (Å²) in [5.74, 6) is 1.01. The average molecular weight is 300 g/mol. The molecule has 2 aromatic rings. The zero-order valence-corrected chi connectivity index (χ0v) is 13.3. The minimum Gasteiger partial charge on any atom is -0.361 e. The number of benzene rings is 1. The molecule has 3 N–H and O–H groups in total. The molecule has 3 rings (SSSR count). The van der Waals surface area contributed by atoms with Crippen molar-refractivity contribution in [3.8, 4) is 0 Å². The SMILES string of the molecule is CC1CC[NH+](CC(=O)NCCc2c[nH]c3ccccc23)CC1. The third kappa shape index (κ3) is 3.69. The fourth-order valence-electron chi connectivity index (χ4n) is 3.31. The van der Waals surface area contributed by atoms with Crippen LogP contribution in [0.3, 0.4) is 0 Å². The van der Waals surface area contributed by atoms with Crippen LogP contribution in [0.5, 0.6) is 0 Å². The summed E-state index contributed by atoms with van der Waals surface area (Å²) >= 11 is 0. The fraction of sp³-hybridized carbons (Fsp3) is 0.500. The summed E-state index contributed by atoms with van der Waals surface area (Å²) in [6.45, 7) is 5.91. The van der Waals surface area contributed by atoms with E-state index >= 15 is 0 Å². The van der Waals surface area contributed by atoms with Crippen LogP contribution in [0.1, 0.15) is 25.3 Å². The lowest BCUT2D eigenvalue weighted by Crippen LogP contribution is -3.14. The average Bonchev–Trinajstić information content (AvgIpc) is 2.93. The molecule has 0 atom stereocenters. The van der Waals surface area contributed by atoms with E-state index in [2.05, 4.69) is 35.4 Å². The van der Waals surface area contributed by atoms with Gasteiger partial charge < -0.3 is 15.2 Å². The van der Waals surface area contributed by atoms with Gasteiger partial charge >= 0.3 is 0 Å². The lowest BCUT2D eigenvalue weighted by molar-refractivity contribution is -0.898. The maximum atomic E-state index is 12.0. The number of amides is 1. The molecule has 1 amide bonds. The van der Waals surface area contributed by atoms with Crippen LogP contribution in [-0.2, 0) is 11.2 Å². The van der Waals surface area contributed by atoms with E-state index in [4.69, 9.17) is 0 Å². The van der Waals surface area contributed by atoms with Crippen molar-refractivity contribution in [2.24, 2.45) is 5.92 Å². The van der Waals surface area contributed by atoms with Crippen molar-refractivity contribution in [2.45, 2.75) is 26.2 Å². The Morgan fingerprint density at radius 1 is 1.32 bits per heavy atom. The number of H-pyrrole nitrogens is 1. The highest BCUT2D eigenvalue weighted by atomic mass is 16.2. The van der Waals surface area contributed by atoms with Crippen LogP contribution in [0.2, 0.25) is 0 Å². The molecule has 2 heterocycles. The molecule has 0 aliphatic carbocycles. The number of para-hydroxylation sites is 1. The summed E-state index contributed by atoms with van der Waals surface area (Å²) in [6, 6.07) is 8.30. The maximum absolute atomic E-state index is 12.0. The van der Waals surface area contributed by atoms with Crippen LogP contribution < -0.4 is 10.2 Å². The Bertz CT molecular complexity index is 626. The van der Waals surface area contributed by atoms with E-state index in [9.17, 15) is 4.79 Å². The minimum atomic E-state index is 0.185. The van der Waals surface area contributed by atoms with Gasteiger partial charge in [-0.15, -0.1) is 0 Å². The number of hydrogen-bond donors (Lipinski definition) is 3. The summed E-state index contributed by atoms with van der Waals surface area (Å²) in [5, 5.41) is 4.33. The van der Waals surface area contributed by atoms with E-state index < -0.39 is 0 Å². The molecule has 1 aromatic heterocycles. The lowest BCUT2D eigenvalue weighted by atomic mass is 9.99. The molecule has 1 fully saturated rings. The molecule has 0 bridgehead atoms. The molecule has 22 heavy (non-hydrogen) atoms. The number of carbonyl (C=O) groups is 1. The monoisotopic (exact) mass is 300 g/mol. The molecular weight excluding hydrogens is 274 g/mol. The van der Waals surface area contributed by atoms with Crippen molar-refractivity contribution in [3.05, 3.63) is 36.0 Å². The van der Waals surface area contributed by atoms with Crippen LogP contribution in [0, 0.1) is 5.92 Å². The quantitative estimate of drug-likeness (QED) is 0.762. The molecule has 1 aliphatic rings. The first-order valence-electron chi connectivity index (χ1n) is 8.37. The van der Waals surface area contributed by atoms with Crippen molar-refractivity contribution >= 4 is 16.8 Å². The van der Waals surface area contributed by atoms with Gasteiger partial charge in [0.2, 0.25) is 0 Å². The molecule has 0 saturated carbocycles. The summed E-state index contributed by atoms with van der Waals surface area (Å²) < 4.78 is 0. The van der Waals surface area contributed by atoms with Gasteiger partial charge in [-0.1, -0.05) is 25.1 Å². The van der Waals surface area contributed by atoms with E-state index in [-0.39, 0.29) is 5.91 Å². The Balaban J connectivity index is 1.44. The number of aromatic amines is 1. The third-order valence-electron chi connectivity index (χ3n) is 4.78. The molecule has 4 nitrogen and oxygen atoms in total. The molecule has 118 valence electrons. The molecule has 0 spiro atoms. The minimum absolute atomic E-state index is 0.185. The third-order valence-corrected chi connectivity index (χ3v) is 4.78. The van der Waals surface area contributed by atoms with E-state index in [0.717, 1.165) is 30.9 Å². The Hall–Kier alpha value is -1.81. The van der Waals surface area contributed by atoms with E-state index in [1.807, 2.05) is 12.3 Å². The molecule has 4 heteroatoms. The number of hydrogen-bond acceptors (Lipinski definition) is 1. The largest absolute Gasteiger partial charge is 0.361 e. The number of nitrogens with one attached hydrogen (secondary N) is 3. The molecule has 1 aliphatic heterocycles. The number of fused-ring (bicyclic) bond motifs is 1. The Labute approximate surface area is 131 Å². The summed E-state index contributed by atoms with van der Waals surface area (Å²) in [6.07, 6.45) is 5.42. The first-order valence-corrected chi connectivity index (χ1v) is 8.37. The van der Waals surface area contributed by atoms with Gasteiger partial charge in [0.1, 0.15) is 0 Å². The van der Waals surface area contributed by atoms with Crippen molar-refractivity contribution in [3.63, 3.8) is 0 Å². The van der Waals surface area contributed by atoms with Crippen molar-refractivity contribution < 1.29 is 9.69 Å². The normalized spacial score (nSPS) is 21.9. The Morgan fingerprint density at radius 2 is 2.09 bits per heavy atom. The second-order valence-corrected chi connectivity index (χ2v) is 6.57. The van der Waals surface area contributed by atoms with Gasteiger partial charge in [-0.3, -0.25) is 4.79 Å². The van der Waals surface area contributed by atoms with Crippen LogP contribution >= 0.6 is 0 Å². The second-order valence-electron chi connectivity index (χ2n) is 6.57. The van der Waals surface area contributed by atoms with Crippen molar-refractivity contribution in [1.29, 1.82) is 0 Å². The van der Waals surface area contributed by atoms with Gasteiger partial charge in [0.25, 0.3) is 5.91 Å². The van der Waals surface area contributed by atoms with Crippen molar-refractivity contribution in [2.75, 3.05) is 26.2 Å². The van der Waals surface area contributed by atoms with E-state index in [1.165, 1.54) is 28.7 Å². The smallest absolute Gasteiger partial charge is 0.275 e. The summed E-state index contributed by atoms with van der Waals surface area (Å²) in [7, 11) is 0. The highest BCUT2D eigenvalue weighted by Crippen LogP contribution is 2.17. The van der Waals surface area contributed by atoms with Gasteiger partial charge in [0.15, 0.2) is 6.54 Å². The maximum Gasteiger partial charge on any atom is 0.275 e. The van der Waals surface area contributed by atoms with Gasteiger partial charge in [-0.2, -0.15) is 0 Å². The highest BCUT2D eigenvalue weighted by Gasteiger charge is 2.20. The Morgan fingerprint density at radius 3 is 2.91 bits per heavy atom. The van der Waals surface area contributed by atoms with Gasteiger partial charge in [0, 0.05) is 23.6 Å². The van der Waals surface area contributed by atoms with E-state index in [0.29, 0.717) is 13.1 Å². The predicted octanol–water partition coefficient (Wildman–Crippen LogP) is 1.14. The fourth-order valence-corrected chi connectivity index (χ4v) is 3.31. The van der Waals surface area contributed by atoms with E-state index in [1.54, 1.807) is 0 Å². The molecule has 0 radical (unpaired) electrons. The molecule has 1 aromatic carbocycles. The number of rotatable bonds is 5. The molecule has 1 saturated heterocycles. The standard InChI is InChI=1S/C18H25N3O/c1-14-7-10-21(11-8-14)13-18(22)19-9-6-15-12-20-17-5-3-2-4-16(15)17/h2-5,12,14,20H,6-11,13H2,1H3,(H,19,22)/p+1. The number of quaternary nitrogens is 1. The highest BCUT2D eigenvalue weighted by molar-refractivity contribution is 5.83. The van der Waals surface area contributed by atoms with Gasteiger partial charge in [-0.05, 0) is 36.8 Å². The van der Waals surface area contributed by atoms with Crippen LogP contribution in [0.4, 0.5) is 0 Å².